The zero-order valence-corrected chi connectivity index (χ0v) is 12.2. The fraction of sp³-hybridized carbons (Fsp3) is 0.571. The number of halogens is 1. The van der Waals surface area contributed by atoms with Gasteiger partial charge in [-0.15, -0.1) is 0 Å². The van der Waals surface area contributed by atoms with Crippen LogP contribution < -0.4 is 10.2 Å². The van der Waals surface area contributed by atoms with Gasteiger partial charge in [-0.2, -0.15) is 0 Å². The van der Waals surface area contributed by atoms with E-state index in [0.717, 1.165) is 18.1 Å². The Labute approximate surface area is 110 Å². The van der Waals surface area contributed by atoms with E-state index in [1.807, 2.05) is 19.2 Å². The monoisotopic (exact) mass is 254 g/mol. The van der Waals surface area contributed by atoms with Crippen LogP contribution >= 0.6 is 11.6 Å². The van der Waals surface area contributed by atoms with Gasteiger partial charge in [0.2, 0.25) is 0 Å². The first-order valence-electron chi connectivity index (χ1n) is 5.97. The first-order valence-corrected chi connectivity index (χ1v) is 6.35. The minimum Gasteiger partial charge on any atom is -0.374 e. The zero-order valence-electron chi connectivity index (χ0n) is 11.5. The SMILES string of the molecule is CNCc1cc(Cl)ccc1N(C)CC(C)(C)C. The van der Waals surface area contributed by atoms with Crippen LogP contribution in [-0.2, 0) is 6.54 Å². The summed E-state index contributed by atoms with van der Waals surface area (Å²) in [6, 6.07) is 6.09. The average Bonchev–Trinajstić information content (AvgIpc) is 2.15. The molecule has 2 nitrogen and oxygen atoms in total. The van der Waals surface area contributed by atoms with Gasteiger partial charge in [0.1, 0.15) is 0 Å². The van der Waals surface area contributed by atoms with Gasteiger partial charge in [-0.25, -0.2) is 0 Å². The second kappa shape index (κ2) is 5.74. The number of benzene rings is 1. The summed E-state index contributed by atoms with van der Waals surface area (Å²) in [4.78, 5) is 2.29. The van der Waals surface area contributed by atoms with Crippen LogP contribution in [0.5, 0.6) is 0 Å². The molecule has 0 bridgehead atoms. The molecular weight excluding hydrogens is 232 g/mol. The fourth-order valence-electron chi connectivity index (χ4n) is 2.06. The van der Waals surface area contributed by atoms with Gasteiger partial charge < -0.3 is 10.2 Å². The van der Waals surface area contributed by atoms with E-state index in [9.17, 15) is 0 Å². The van der Waals surface area contributed by atoms with Crippen molar-refractivity contribution in [2.75, 3.05) is 25.5 Å². The van der Waals surface area contributed by atoms with Gasteiger partial charge in [0.05, 0.1) is 0 Å². The minimum atomic E-state index is 0.283. The zero-order chi connectivity index (χ0) is 13.1. The highest BCUT2D eigenvalue weighted by Gasteiger charge is 2.16. The van der Waals surface area contributed by atoms with Crippen LogP contribution in [0.1, 0.15) is 26.3 Å². The van der Waals surface area contributed by atoms with E-state index in [-0.39, 0.29) is 5.41 Å². The van der Waals surface area contributed by atoms with Gasteiger partial charge in [0.15, 0.2) is 0 Å². The van der Waals surface area contributed by atoms with Crippen molar-refractivity contribution in [2.45, 2.75) is 27.3 Å². The van der Waals surface area contributed by atoms with Crippen LogP contribution in [0.15, 0.2) is 18.2 Å². The van der Waals surface area contributed by atoms with Crippen molar-refractivity contribution in [2.24, 2.45) is 5.41 Å². The lowest BCUT2D eigenvalue weighted by Gasteiger charge is -2.30. The molecule has 17 heavy (non-hydrogen) atoms. The Morgan fingerprint density at radius 2 is 1.94 bits per heavy atom. The molecule has 0 saturated heterocycles. The van der Waals surface area contributed by atoms with Crippen molar-refractivity contribution in [3.05, 3.63) is 28.8 Å². The molecule has 96 valence electrons. The third-order valence-corrected chi connectivity index (χ3v) is 2.77. The first kappa shape index (κ1) is 14.3. The van der Waals surface area contributed by atoms with E-state index in [4.69, 9.17) is 11.6 Å². The fourth-order valence-corrected chi connectivity index (χ4v) is 2.25. The van der Waals surface area contributed by atoms with Crippen molar-refractivity contribution in [3.63, 3.8) is 0 Å². The Morgan fingerprint density at radius 1 is 1.29 bits per heavy atom. The maximum atomic E-state index is 6.04. The van der Waals surface area contributed by atoms with Gasteiger partial charge in [-0.3, -0.25) is 0 Å². The molecular formula is C14H23ClN2. The largest absolute Gasteiger partial charge is 0.374 e. The molecule has 0 fully saturated rings. The van der Waals surface area contributed by atoms with Crippen LogP contribution in [0.4, 0.5) is 5.69 Å². The second-order valence-corrected chi connectivity index (χ2v) is 6.16. The normalized spacial score (nSPS) is 11.6. The van der Waals surface area contributed by atoms with Crippen molar-refractivity contribution < 1.29 is 0 Å². The van der Waals surface area contributed by atoms with E-state index in [0.29, 0.717) is 0 Å². The number of hydrogen-bond acceptors (Lipinski definition) is 2. The molecule has 0 aromatic heterocycles. The van der Waals surface area contributed by atoms with Gasteiger partial charge in [-0.05, 0) is 36.2 Å². The van der Waals surface area contributed by atoms with E-state index < -0.39 is 0 Å². The van der Waals surface area contributed by atoms with Crippen LogP contribution in [0.2, 0.25) is 5.02 Å². The highest BCUT2D eigenvalue weighted by atomic mass is 35.5. The van der Waals surface area contributed by atoms with E-state index in [1.54, 1.807) is 0 Å². The standard InChI is InChI=1S/C14H23ClN2/c1-14(2,3)10-17(5)13-7-6-12(15)8-11(13)9-16-4/h6-8,16H,9-10H2,1-5H3. The Bertz CT molecular complexity index is 369. The summed E-state index contributed by atoms with van der Waals surface area (Å²) in [5.74, 6) is 0. The van der Waals surface area contributed by atoms with Gasteiger partial charge in [-0.1, -0.05) is 32.4 Å². The summed E-state index contributed by atoms with van der Waals surface area (Å²) in [6.07, 6.45) is 0. The molecule has 0 radical (unpaired) electrons. The van der Waals surface area contributed by atoms with Crippen molar-refractivity contribution in [1.82, 2.24) is 5.32 Å². The molecule has 0 aliphatic rings. The Hall–Kier alpha value is -0.730. The van der Waals surface area contributed by atoms with E-state index >= 15 is 0 Å². The maximum Gasteiger partial charge on any atom is 0.0410 e. The maximum absolute atomic E-state index is 6.04. The van der Waals surface area contributed by atoms with Crippen molar-refractivity contribution >= 4 is 17.3 Å². The van der Waals surface area contributed by atoms with Crippen LogP contribution in [0.3, 0.4) is 0 Å². The number of nitrogens with zero attached hydrogens (tertiary/aromatic N) is 1. The molecule has 1 N–H and O–H groups in total. The van der Waals surface area contributed by atoms with Crippen molar-refractivity contribution in [1.29, 1.82) is 0 Å². The van der Waals surface area contributed by atoms with E-state index in [1.165, 1.54) is 11.3 Å². The Morgan fingerprint density at radius 3 is 2.47 bits per heavy atom. The smallest absolute Gasteiger partial charge is 0.0410 e. The third-order valence-electron chi connectivity index (χ3n) is 2.53. The van der Waals surface area contributed by atoms with Crippen LogP contribution in [0.25, 0.3) is 0 Å². The topological polar surface area (TPSA) is 15.3 Å². The number of anilines is 1. The molecule has 0 spiro atoms. The Kier molecular flexibility index (Phi) is 4.84. The molecule has 3 heteroatoms. The quantitative estimate of drug-likeness (QED) is 0.884. The predicted octanol–water partition coefficient (Wildman–Crippen LogP) is 3.54. The lowest BCUT2D eigenvalue weighted by molar-refractivity contribution is 0.418. The molecule has 1 aromatic carbocycles. The lowest BCUT2D eigenvalue weighted by Crippen LogP contribution is -2.30. The number of rotatable bonds is 4. The minimum absolute atomic E-state index is 0.283. The summed E-state index contributed by atoms with van der Waals surface area (Å²) < 4.78 is 0. The highest BCUT2D eigenvalue weighted by Crippen LogP contribution is 2.26. The molecule has 0 aliphatic carbocycles. The Balaban J connectivity index is 2.95. The molecule has 0 heterocycles. The summed E-state index contributed by atoms with van der Waals surface area (Å²) in [7, 11) is 4.09. The molecule has 0 unspecified atom stereocenters. The van der Waals surface area contributed by atoms with Gasteiger partial charge in [0, 0.05) is 30.8 Å². The summed E-state index contributed by atoms with van der Waals surface area (Å²) >= 11 is 6.04. The van der Waals surface area contributed by atoms with Crippen LogP contribution in [0, 0.1) is 5.41 Å². The highest BCUT2D eigenvalue weighted by molar-refractivity contribution is 6.30. The number of nitrogens with one attached hydrogen (secondary N) is 1. The summed E-state index contributed by atoms with van der Waals surface area (Å²) in [5, 5.41) is 3.98. The third kappa shape index (κ3) is 4.57. The summed E-state index contributed by atoms with van der Waals surface area (Å²) in [5.41, 5.74) is 2.77. The predicted molar refractivity (Wildman–Crippen MR) is 76.9 cm³/mol. The lowest BCUT2D eigenvalue weighted by atomic mass is 9.95. The van der Waals surface area contributed by atoms with Gasteiger partial charge in [0.25, 0.3) is 0 Å². The van der Waals surface area contributed by atoms with Gasteiger partial charge >= 0.3 is 0 Å². The van der Waals surface area contributed by atoms with E-state index in [2.05, 4.69) is 44.1 Å². The molecule has 0 saturated carbocycles. The second-order valence-electron chi connectivity index (χ2n) is 5.72. The number of hydrogen-bond donors (Lipinski definition) is 1. The first-order chi connectivity index (χ1) is 7.83. The molecule has 1 rings (SSSR count). The van der Waals surface area contributed by atoms with Crippen LogP contribution in [-0.4, -0.2) is 20.6 Å². The van der Waals surface area contributed by atoms with Crippen molar-refractivity contribution in [3.8, 4) is 0 Å². The summed E-state index contributed by atoms with van der Waals surface area (Å²) in [6.45, 7) is 8.60. The molecule has 1 aromatic rings. The molecule has 0 aliphatic heterocycles. The molecule has 0 amide bonds. The average molecular weight is 255 g/mol. The molecule has 0 atom stereocenters.